The summed E-state index contributed by atoms with van der Waals surface area (Å²) in [5, 5.41) is 12.1. The maximum absolute atomic E-state index is 4.06. The molecule has 70 valence electrons. The Hall–Kier alpha value is -0.680. The number of rotatable bonds is 4. The normalized spacial score (nSPS) is 11.7. The smallest absolute Gasteiger partial charge is 0.144 e. The van der Waals surface area contributed by atoms with Gasteiger partial charge in [-0.2, -0.15) is 0 Å². The summed E-state index contributed by atoms with van der Waals surface area (Å²) >= 11 is 2.94. The summed E-state index contributed by atoms with van der Waals surface area (Å²) in [6, 6.07) is 0. The molecule has 1 aromatic heterocycles. The van der Waals surface area contributed by atoms with Crippen molar-refractivity contribution < 1.29 is 0 Å². The van der Waals surface area contributed by atoms with Crippen LogP contribution in [0.5, 0.6) is 0 Å². The van der Waals surface area contributed by atoms with E-state index in [1.54, 1.807) is 11.3 Å². The van der Waals surface area contributed by atoms with Crippen molar-refractivity contribution in [2.45, 2.75) is 20.3 Å². The second kappa shape index (κ2) is 5.14. The van der Waals surface area contributed by atoms with Gasteiger partial charge in [0, 0.05) is 17.4 Å². The fourth-order valence-electron chi connectivity index (χ4n) is 0.723. The van der Waals surface area contributed by atoms with Crippen molar-refractivity contribution in [1.29, 1.82) is 0 Å². The van der Waals surface area contributed by atoms with Gasteiger partial charge in [0.05, 0.1) is 0 Å². The summed E-state index contributed by atoms with van der Waals surface area (Å²) in [4.78, 5) is 0. The van der Waals surface area contributed by atoms with E-state index in [9.17, 15) is 0 Å². The average Bonchev–Trinajstić information content (AvgIpc) is 2.62. The fraction of sp³-hybridized carbons (Fsp3) is 0.375. The predicted molar refractivity (Wildman–Crippen MR) is 60.1 cm³/mol. The molecule has 0 radical (unpaired) electrons. The zero-order valence-corrected chi connectivity index (χ0v) is 9.28. The van der Waals surface area contributed by atoms with E-state index in [2.05, 4.69) is 28.2 Å². The molecule has 0 aliphatic carbocycles. The van der Waals surface area contributed by atoms with Crippen LogP contribution in [0.4, 0.5) is 0 Å². The molecule has 1 aromatic rings. The lowest BCUT2D eigenvalue weighted by atomic mass is 10.4. The van der Waals surface area contributed by atoms with E-state index in [1.807, 2.05) is 12.3 Å². The monoisotopic (exact) mass is 213 g/mol. The highest BCUT2D eigenvalue weighted by atomic mass is 32.2. The largest absolute Gasteiger partial charge is 0.228 e. The van der Waals surface area contributed by atoms with Crippen molar-refractivity contribution in [3.63, 3.8) is 0 Å². The number of hydrogen-bond acceptors (Lipinski definition) is 5. The third-order valence-electron chi connectivity index (χ3n) is 1.41. The highest BCUT2D eigenvalue weighted by molar-refractivity contribution is 8.01. The number of aromatic nitrogens is 2. The molecule has 0 amide bonds. The van der Waals surface area contributed by atoms with Crippen LogP contribution in [-0.2, 0) is 6.42 Å². The van der Waals surface area contributed by atoms with Crippen molar-refractivity contribution in [3.05, 3.63) is 15.4 Å². The van der Waals surface area contributed by atoms with Gasteiger partial charge in [0.2, 0.25) is 0 Å². The van der Waals surface area contributed by atoms with E-state index in [4.69, 9.17) is 0 Å². The molecule has 0 spiro atoms. The van der Waals surface area contributed by atoms with Crippen LogP contribution in [0.2, 0.25) is 0 Å². The maximum atomic E-state index is 4.06. The van der Waals surface area contributed by atoms with Crippen LogP contribution in [0, 0.1) is 0 Å². The van der Waals surface area contributed by atoms with Crippen LogP contribution >= 0.6 is 23.3 Å². The van der Waals surface area contributed by atoms with E-state index in [0.29, 0.717) is 0 Å². The van der Waals surface area contributed by atoms with E-state index in [0.717, 1.165) is 22.0 Å². The fourth-order valence-corrected chi connectivity index (χ4v) is 1.89. The standard InChI is InChI=1S/C8H11N3S2/c1-4-7-10-11-8(13-7)6(2)5-12-9-3/h5H,3-4H2,1-2H3/b6-5+. The second-order valence-corrected chi connectivity index (χ2v) is 4.16. The minimum atomic E-state index is 0.942. The molecular formula is C8H11N3S2. The number of nitrogens with zero attached hydrogens (tertiary/aromatic N) is 3. The molecule has 0 unspecified atom stereocenters. The van der Waals surface area contributed by atoms with E-state index < -0.39 is 0 Å². The topological polar surface area (TPSA) is 38.1 Å². The highest BCUT2D eigenvalue weighted by Gasteiger charge is 2.03. The summed E-state index contributed by atoms with van der Waals surface area (Å²) in [6.45, 7) is 7.45. The summed E-state index contributed by atoms with van der Waals surface area (Å²) in [5.41, 5.74) is 1.09. The van der Waals surface area contributed by atoms with Crippen molar-refractivity contribution in [3.8, 4) is 0 Å². The van der Waals surface area contributed by atoms with Gasteiger partial charge in [-0.05, 0) is 25.6 Å². The van der Waals surface area contributed by atoms with Crippen molar-refractivity contribution in [2.24, 2.45) is 4.40 Å². The van der Waals surface area contributed by atoms with Gasteiger partial charge < -0.3 is 0 Å². The Bertz CT molecular complexity index is 317. The molecule has 0 bridgehead atoms. The molecule has 0 aliphatic rings. The molecule has 0 atom stereocenters. The number of hydrogen-bond donors (Lipinski definition) is 0. The molecular weight excluding hydrogens is 202 g/mol. The first-order valence-electron chi connectivity index (χ1n) is 3.89. The predicted octanol–water partition coefficient (Wildman–Crippen LogP) is 2.81. The Morgan fingerprint density at radius 1 is 1.69 bits per heavy atom. The van der Waals surface area contributed by atoms with Crippen LogP contribution in [0.3, 0.4) is 0 Å². The molecule has 0 aliphatic heterocycles. The zero-order chi connectivity index (χ0) is 9.68. The van der Waals surface area contributed by atoms with Gasteiger partial charge in [0.15, 0.2) is 0 Å². The van der Waals surface area contributed by atoms with Crippen LogP contribution in [0.1, 0.15) is 23.9 Å². The molecule has 0 saturated heterocycles. The van der Waals surface area contributed by atoms with Gasteiger partial charge in [-0.3, -0.25) is 0 Å². The minimum absolute atomic E-state index is 0.942. The molecule has 0 aromatic carbocycles. The van der Waals surface area contributed by atoms with Gasteiger partial charge >= 0.3 is 0 Å². The van der Waals surface area contributed by atoms with Gasteiger partial charge in [-0.15, -0.1) is 10.2 Å². The van der Waals surface area contributed by atoms with Crippen LogP contribution in [0.15, 0.2) is 9.81 Å². The minimum Gasteiger partial charge on any atom is -0.228 e. The molecule has 0 fully saturated rings. The Kier molecular flexibility index (Phi) is 4.11. The molecule has 0 saturated carbocycles. The third kappa shape index (κ3) is 2.93. The first-order valence-corrected chi connectivity index (χ1v) is 5.54. The first kappa shape index (κ1) is 10.4. The van der Waals surface area contributed by atoms with Crippen molar-refractivity contribution in [2.75, 3.05) is 0 Å². The lowest BCUT2D eigenvalue weighted by molar-refractivity contribution is 0.976. The highest BCUT2D eigenvalue weighted by Crippen LogP contribution is 2.21. The number of aryl methyl sites for hydroxylation is 1. The summed E-state index contributed by atoms with van der Waals surface area (Å²) in [7, 11) is 0. The summed E-state index contributed by atoms with van der Waals surface area (Å²) in [6.07, 6.45) is 0.942. The molecule has 1 rings (SSSR count). The third-order valence-corrected chi connectivity index (χ3v) is 3.22. The van der Waals surface area contributed by atoms with Crippen LogP contribution < -0.4 is 0 Å². The lowest BCUT2D eigenvalue weighted by Gasteiger charge is -1.90. The van der Waals surface area contributed by atoms with Gasteiger partial charge in [-0.1, -0.05) is 18.3 Å². The lowest BCUT2D eigenvalue weighted by Crippen LogP contribution is -1.77. The molecule has 1 heterocycles. The first-order chi connectivity index (χ1) is 6.27. The van der Waals surface area contributed by atoms with Crippen LogP contribution in [-0.4, -0.2) is 16.9 Å². The Morgan fingerprint density at radius 2 is 2.46 bits per heavy atom. The van der Waals surface area contributed by atoms with E-state index >= 15 is 0 Å². The molecule has 3 nitrogen and oxygen atoms in total. The second-order valence-electron chi connectivity index (χ2n) is 2.39. The Labute approximate surface area is 86.1 Å². The maximum Gasteiger partial charge on any atom is 0.144 e. The zero-order valence-electron chi connectivity index (χ0n) is 7.65. The molecule has 13 heavy (non-hydrogen) atoms. The van der Waals surface area contributed by atoms with Crippen molar-refractivity contribution in [1.82, 2.24) is 10.2 Å². The van der Waals surface area contributed by atoms with E-state index in [1.165, 1.54) is 11.9 Å². The molecule has 0 N–H and O–H groups in total. The Balaban J connectivity index is 2.76. The summed E-state index contributed by atoms with van der Waals surface area (Å²) < 4.78 is 3.67. The average molecular weight is 213 g/mol. The van der Waals surface area contributed by atoms with Gasteiger partial charge in [-0.25, -0.2) is 4.40 Å². The molecule has 5 heteroatoms. The van der Waals surface area contributed by atoms with E-state index in [-0.39, 0.29) is 0 Å². The SMILES string of the molecule is C=NS/C=C(\C)c1nnc(CC)s1. The quantitative estimate of drug-likeness (QED) is 0.570. The van der Waals surface area contributed by atoms with Gasteiger partial charge in [0.1, 0.15) is 10.0 Å². The number of allylic oxidation sites excluding steroid dienone is 1. The summed E-state index contributed by atoms with van der Waals surface area (Å²) in [5.74, 6) is 0. The Morgan fingerprint density at radius 3 is 3.00 bits per heavy atom. The van der Waals surface area contributed by atoms with Crippen molar-refractivity contribution >= 4 is 35.6 Å². The van der Waals surface area contributed by atoms with Crippen LogP contribution in [0.25, 0.3) is 5.57 Å². The van der Waals surface area contributed by atoms with Gasteiger partial charge in [0.25, 0.3) is 0 Å².